The lowest BCUT2D eigenvalue weighted by Gasteiger charge is -1.43. The topological polar surface area (TPSA) is 54.4 Å². The highest BCUT2D eigenvalue weighted by Crippen LogP contribution is 1.48. The monoisotopic (exact) mass is 128 g/mol. The highest BCUT2D eigenvalue weighted by atomic mass is 32.2. The largest absolute Gasteiger partial charge is 0.288 e. The standard InChI is InChI=1S/C2H3F.H2O3S/c1-2-3;1-4(2)3/h2H,1H2;4H,(H,1,2,3). The van der Waals surface area contributed by atoms with Crippen molar-refractivity contribution >= 4 is 11.0 Å². The Bertz CT molecular complexity index is 89.1. The lowest BCUT2D eigenvalue weighted by Crippen LogP contribution is -1.58. The van der Waals surface area contributed by atoms with Crippen LogP contribution in [0.15, 0.2) is 12.9 Å². The molecular weight excluding hydrogens is 123 g/mol. The molecule has 1 N–H and O–H groups in total. The molecular formula is C2H5FO3S. The maximum absolute atomic E-state index is 10.1. The minimum absolute atomic E-state index is 0.250. The predicted octanol–water partition coefficient (Wildman–Crippen LogP) is 0.170. The molecule has 0 unspecified atom stereocenters. The molecule has 0 saturated carbocycles. The number of halogens is 1. The molecule has 0 aromatic carbocycles. The fraction of sp³-hybridized carbons (Fsp3) is 0. The maximum Gasteiger partial charge on any atom is 0.254 e. The Labute approximate surface area is 42.2 Å². The first-order valence-electron chi connectivity index (χ1n) is 1.19. The molecule has 7 heavy (non-hydrogen) atoms. The van der Waals surface area contributed by atoms with Crippen LogP contribution in [-0.2, 0) is 11.0 Å². The molecule has 0 radical (unpaired) electrons. The molecule has 0 atom stereocenters. The van der Waals surface area contributed by atoms with Crippen molar-refractivity contribution in [2.75, 3.05) is 0 Å². The molecule has 0 saturated heterocycles. The molecule has 0 aliphatic carbocycles. The number of rotatable bonds is 0. The summed E-state index contributed by atoms with van der Waals surface area (Å²) < 4.78 is 34.2. The zero-order valence-corrected chi connectivity index (χ0v) is 4.27. The number of thiol groups is 1. The zero-order chi connectivity index (χ0) is 6.28. The van der Waals surface area contributed by atoms with Crippen molar-refractivity contribution in [2.45, 2.75) is 0 Å². The van der Waals surface area contributed by atoms with Gasteiger partial charge in [-0.1, -0.05) is 6.58 Å². The van der Waals surface area contributed by atoms with Crippen molar-refractivity contribution in [3.8, 4) is 0 Å². The van der Waals surface area contributed by atoms with Crippen molar-refractivity contribution < 1.29 is 17.4 Å². The van der Waals surface area contributed by atoms with Gasteiger partial charge < -0.3 is 0 Å². The molecule has 0 spiro atoms. The van der Waals surface area contributed by atoms with Gasteiger partial charge in [0.25, 0.3) is 11.0 Å². The van der Waals surface area contributed by atoms with Crippen molar-refractivity contribution in [1.29, 1.82) is 0 Å². The second-order valence-corrected chi connectivity index (χ2v) is 0.868. The van der Waals surface area contributed by atoms with E-state index in [9.17, 15) is 4.39 Å². The van der Waals surface area contributed by atoms with E-state index < -0.39 is 11.0 Å². The lowest BCUT2D eigenvalue weighted by molar-refractivity contribution is 0.509. The molecule has 0 heterocycles. The lowest BCUT2D eigenvalue weighted by atomic mass is 11.2. The summed E-state index contributed by atoms with van der Waals surface area (Å²) in [6.07, 6.45) is 0.250. The van der Waals surface area contributed by atoms with Crippen LogP contribution in [-0.4, -0.2) is 13.0 Å². The smallest absolute Gasteiger partial charge is 0.254 e. The zero-order valence-electron chi connectivity index (χ0n) is 3.37. The summed E-state index contributed by atoms with van der Waals surface area (Å²) in [6, 6.07) is 0. The van der Waals surface area contributed by atoms with Gasteiger partial charge in [-0.25, -0.2) is 12.8 Å². The number of hydrogen-bond donors (Lipinski definition) is 2. The van der Waals surface area contributed by atoms with E-state index in [1.165, 1.54) is 0 Å². The Morgan fingerprint density at radius 1 is 1.71 bits per heavy atom. The van der Waals surface area contributed by atoms with Crippen LogP contribution in [0.2, 0.25) is 0 Å². The predicted molar refractivity (Wildman–Crippen MR) is 24.2 cm³/mol. The summed E-state index contributed by atoms with van der Waals surface area (Å²) >= 11 is 0. The van der Waals surface area contributed by atoms with Crippen LogP contribution in [0.1, 0.15) is 0 Å². The fourth-order valence-corrected chi connectivity index (χ4v) is 0. The highest BCUT2D eigenvalue weighted by Gasteiger charge is 1.44. The molecule has 0 rings (SSSR count). The molecule has 44 valence electrons. The van der Waals surface area contributed by atoms with Crippen LogP contribution >= 0.6 is 0 Å². The Kier molecular flexibility index (Phi) is 12.7. The summed E-state index contributed by atoms with van der Waals surface area (Å²) in [5, 5.41) is 0. The van der Waals surface area contributed by atoms with Gasteiger partial charge in [-0.15, -0.1) is 0 Å². The summed E-state index contributed by atoms with van der Waals surface area (Å²) in [6.45, 7) is 2.69. The highest BCUT2D eigenvalue weighted by molar-refractivity contribution is 7.66. The van der Waals surface area contributed by atoms with E-state index in [2.05, 4.69) is 6.58 Å². The van der Waals surface area contributed by atoms with E-state index in [-0.39, 0.29) is 6.33 Å². The quantitative estimate of drug-likeness (QED) is 0.361. The van der Waals surface area contributed by atoms with E-state index in [1.807, 2.05) is 0 Å². The second kappa shape index (κ2) is 9.13. The van der Waals surface area contributed by atoms with E-state index in [0.29, 0.717) is 0 Å². The van der Waals surface area contributed by atoms with Gasteiger partial charge >= 0.3 is 0 Å². The van der Waals surface area contributed by atoms with Crippen LogP contribution in [0.25, 0.3) is 0 Å². The van der Waals surface area contributed by atoms with E-state index in [1.54, 1.807) is 0 Å². The molecule has 5 heteroatoms. The first-order chi connectivity index (χ1) is 3.15. The van der Waals surface area contributed by atoms with Crippen LogP contribution in [0.4, 0.5) is 4.39 Å². The Morgan fingerprint density at radius 3 is 1.71 bits per heavy atom. The van der Waals surface area contributed by atoms with E-state index in [4.69, 9.17) is 13.0 Å². The van der Waals surface area contributed by atoms with Gasteiger partial charge in [0, 0.05) is 0 Å². The summed E-state index contributed by atoms with van der Waals surface area (Å²) in [5.41, 5.74) is 0. The molecule has 3 nitrogen and oxygen atoms in total. The molecule has 0 aliphatic heterocycles. The summed E-state index contributed by atoms with van der Waals surface area (Å²) in [5.74, 6) is 0. The Balaban J connectivity index is 0. The third-order valence-electron chi connectivity index (χ3n) is 0. The van der Waals surface area contributed by atoms with Crippen LogP contribution in [0.5, 0.6) is 0 Å². The van der Waals surface area contributed by atoms with Gasteiger partial charge in [-0.2, -0.15) is 0 Å². The average molecular weight is 128 g/mol. The van der Waals surface area contributed by atoms with Gasteiger partial charge in [0.1, 0.15) is 0 Å². The first kappa shape index (κ1) is 9.77. The second-order valence-electron chi connectivity index (χ2n) is 0.392. The molecule has 0 bridgehead atoms. The fourth-order valence-electron chi connectivity index (χ4n) is 0. The van der Waals surface area contributed by atoms with Gasteiger partial charge in [-0.05, 0) is 0 Å². The summed E-state index contributed by atoms with van der Waals surface area (Å²) in [7, 11) is -3.12. The molecule has 0 fully saturated rings. The van der Waals surface area contributed by atoms with E-state index in [0.717, 1.165) is 0 Å². The van der Waals surface area contributed by atoms with E-state index >= 15 is 0 Å². The van der Waals surface area contributed by atoms with Crippen LogP contribution < -0.4 is 0 Å². The van der Waals surface area contributed by atoms with Gasteiger partial charge in [0.15, 0.2) is 0 Å². The van der Waals surface area contributed by atoms with Crippen molar-refractivity contribution in [3.63, 3.8) is 0 Å². The number of hydrogen-bond acceptors (Lipinski definition) is 2. The Morgan fingerprint density at radius 2 is 1.71 bits per heavy atom. The van der Waals surface area contributed by atoms with Crippen molar-refractivity contribution in [2.24, 2.45) is 0 Å². The Hall–Kier alpha value is -0.420. The molecule has 0 aromatic rings. The maximum atomic E-state index is 10.1. The van der Waals surface area contributed by atoms with Gasteiger partial charge in [-0.3, -0.25) is 4.55 Å². The molecule has 0 aromatic heterocycles. The van der Waals surface area contributed by atoms with Gasteiger partial charge in [0.05, 0.1) is 6.33 Å². The van der Waals surface area contributed by atoms with Gasteiger partial charge in [0.2, 0.25) is 0 Å². The van der Waals surface area contributed by atoms with Crippen molar-refractivity contribution in [3.05, 3.63) is 12.9 Å². The normalized spacial score (nSPS) is 6.71. The minimum atomic E-state index is -3.12. The van der Waals surface area contributed by atoms with Crippen LogP contribution in [0, 0.1) is 0 Å². The third kappa shape index (κ3) is 405. The average Bonchev–Trinajstić information content (AvgIpc) is 1.33. The van der Waals surface area contributed by atoms with Crippen LogP contribution in [0.3, 0.4) is 0 Å². The first-order valence-corrected chi connectivity index (χ1v) is 2.32. The SMILES string of the molecule is C=CF.O=[SH](=O)O. The molecule has 0 amide bonds. The summed E-state index contributed by atoms with van der Waals surface area (Å²) in [4.78, 5) is 0. The van der Waals surface area contributed by atoms with Crippen molar-refractivity contribution in [1.82, 2.24) is 0 Å². The molecule has 0 aliphatic rings. The minimum Gasteiger partial charge on any atom is -0.288 e. The third-order valence-corrected chi connectivity index (χ3v) is 0.